The Hall–Kier alpha value is -1.84. The minimum absolute atomic E-state index is 0.466. The zero-order valence-electron chi connectivity index (χ0n) is 12.1. The van der Waals surface area contributed by atoms with Gasteiger partial charge in [0.1, 0.15) is 0 Å². The van der Waals surface area contributed by atoms with Gasteiger partial charge in [-0.25, -0.2) is 0 Å². The molecule has 1 aromatic carbocycles. The van der Waals surface area contributed by atoms with Crippen LogP contribution in [0.4, 0.5) is 5.69 Å². The second kappa shape index (κ2) is 5.65. The monoisotopic (exact) mass is 271 g/mol. The first-order valence-electron chi connectivity index (χ1n) is 7.38. The molecule has 1 saturated carbocycles. The summed E-state index contributed by atoms with van der Waals surface area (Å²) < 4.78 is 5.43. The molecular weight excluding hydrogens is 250 g/mol. The van der Waals surface area contributed by atoms with E-state index in [0.717, 1.165) is 23.0 Å². The molecule has 2 atom stereocenters. The van der Waals surface area contributed by atoms with E-state index in [4.69, 9.17) is 4.52 Å². The van der Waals surface area contributed by atoms with Crippen LogP contribution >= 0.6 is 0 Å². The molecule has 4 heteroatoms. The molecule has 1 aliphatic carbocycles. The Morgan fingerprint density at radius 2 is 2.00 bits per heavy atom. The van der Waals surface area contributed by atoms with E-state index in [-0.39, 0.29) is 0 Å². The van der Waals surface area contributed by atoms with Crippen LogP contribution in [0, 0.1) is 5.92 Å². The second-order valence-corrected chi connectivity index (χ2v) is 5.75. The molecule has 106 valence electrons. The van der Waals surface area contributed by atoms with E-state index in [1.54, 1.807) is 0 Å². The molecule has 1 fully saturated rings. The first-order valence-corrected chi connectivity index (χ1v) is 7.38. The van der Waals surface area contributed by atoms with E-state index in [2.05, 4.69) is 22.4 Å². The summed E-state index contributed by atoms with van der Waals surface area (Å²) >= 11 is 0. The summed E-state index contributed by atoms with van der Waals surface area (Å²) in [6.45, 7) is 2.31. The second-order valence-electron chi connectivity index (χ2n) is 5.75. The Balaban J connectivity index is 1.78. The SMILES string of the molecule is CNc1ccc(-c2nc(C3CCCC(C)C3)no2)cc1. The van der Waals surface area contributed by atoms with Gasteiger partial charge in [0.05, 0.1) is 0 Å². The summed E-state index contributed by atoms with van der Waals surface area (Å²) in [5, 5.41) is 7.29. The molecule has 0 amide bonds. The molecule has 0 radical (unpaired) electrons. The standard InChI is InChI=1S/C16H21N3O/c1-11-4-3-5-13(10-11)15-18-16(20-19-15)12-6-8-14(17-2)9-7-12/h6-9,11,13,17H,3-5,10H2,1-2H3. The molecule has 0 aliphatic heterocycles. The molecule has 20 heavy (non-hydrogen) atoms. The van der Waals surface area contributed by atoms with Crippen molar-refractivity contribution in [2.75, 3.05) is 12.4 Å². The van der Waals surface area contributed by atoms with Gasteiger partial charge in [0, 0.05) is 24.2 Å². The van der Waals surface area contributed by atoms with Gasteiger partial charge in [-0.2, -0.15) is 4.98 Å². The maximum atomic E-state index is 5.43. The van der Waals surface area contributed by atoms with Gasteiger partial charge in [-0.15, -0.1) is 0 Å². The Kier molecular flexibility index (Phi) is 3.72. The van der Waals surface area contributed by atoms with Crippen LogP contribution in [0.1, 0.15) is 44.3 Å². The first-order chi connectivity index (χ1) is 9.76. The third-order valence-corrected chi connectivity index (χ3v) is 4.16. The van der Waals surface area contributed by atoms with Crippen molar-refractivity contribution in [3.8, 4) is 11.5 Å². The van der Waals surface area contributed by atoms with Crippen molar-refractivity contribution in [1.29, 1.82) is 0 Å². The molecule has 1 aliphatic rings. The van der Waals surface area contributed by atoms with Crippen molar-refractivity contribution < 1.29 is 4.52 Å². The van der Waals surface area contributed by atoms with Crippen molar-refractivity contribution in [3.05, 3.63) is 30.1 Å². The van der Waals surface area contributed by atoms with E-state index < -0.39 is 0 Å². The van der Waals surface area contributed by atoms with Gasteiger partial charge in [0.15, 0.2) is 5.82 Å². The zero-order chi connectivity index (χ0) is 13.9. The maximum absolute atomic E-state index is 5.43. The van der Waals surface area contributed by atoms with E-state index in [0.29, 0.717) is 11.8 Å². The van der Waals surface area contributed by atoms with Crippen LogP contribution in [0.5, 0.6) is 0 Å². The average molecular weight is 271 g/mol. The van der Waals surface area contributed by atoms with Crippen molar-refractivity contribution in [1.82, 2.24) is 10.1 Å². The van der Waals surface area contributed by atoms with Crippen LogP contribution in [-0.2, 0) is 0 Å². The Morgan fingerprint density at radius 1 is 1.20 bits per heavy atom. The minimum Gasteiger partial charge on any atom is -0.388 e. The van der Waals surface area contributed by atoms with E-state index in [9.17, 15) is 0 Å². The van der Waals surface area contributed by atoms with Gasteiger partial charge in [-0.3, -0.25) is 0 Å². The van der Waals surface area contributed by atoms with Gasteiger partial charge >= 0.3 is 0 Å². The highest BCUT2D eigenvalue weighted by Crippen LogP contribution is 2.35. The Labute approximate surface area is 119 Å². The zero-order valence-corrected chi connectivity index (χ0v) is 12.1. The van der Waals surface area contributed by atoms with Crippen molar-refractivity contribution in [2.45, 2.75) is 38.5 Å². The molecule has 0 spiro atoms. The maximum Gasteiger partial charge on any atom is 0.257 e. The molecule has 0 saturated heterocycles. The fourth-order valence-corrected chi connectivity index (χ4v) is 2.97. The molecular formula is C16H21N3O. The largest absolute Gasteiger partial charge is 0.388 e. The number of anilines is 1. The van der Waals surface area contributed by atoms with Crippen LogP contribution < -0.4 is 5.32 Å². The van der Waals surface area contributed by atoms with E-state index >= 15 is 0 Å². The van der Waals surface area contributed by atoms with Crippen LogP contribution in [0.2, 0.25) is 0 Å². The summed E-state index contributed by atoms with van der Waals surface area (Å²) in [6, 6.07) is 8.04. The van der Waals surface area contributed by atoms with Gasteiger partial charge in [0.25, 0.3) is 5.89 Å². The van der Waals surface area contributed by atoms with Gasteiger partial charge in [-0.1, -0.05) is 24.9 Å². The van der Waals surface area contributed by atoms with Crippen LogP contribution in [0.25, 0.3) is 11.5 Å². The molecule has 0 bridgehead atoms. The molecule has 3 rings (SSSR count). The number of rotatable bonds is 3. The fourth-order valence-electron chi connectivity index (χ4n) is 2.97. The lowest BCUT2D eigenvalue weighted by atomic mass is 9.82. The third-order valence-electron chi connectivity index (χ3n) is 4.16. The van der Waals surface area contributed by atoms with Crippen molar-refractivity contribution >= 4 is 5.69 Å². The number of nitrogens with zero attached hydrogens (tertiary/aromatic N) is 2. The average Bonchev–Trinajstić information content (AvgIpc) is 2.97. The van der Waals surface area contributed by atoms with Gasteiger partial charge in [-0.05, 0) is 43.0 Å². The highest BCUT2D eigenvalue weighted by Gasteiger charge is 2.24. The smallest absolute Gasteiger partial charge is 0.257 e. The van der Waals surface area contributed by atoms with E-state index in [1.807, 2.05) is 31.3 Å². The normalized spacial score (nSPS) is 22.7. The Morgan fingerprint density at radius 3 is 2.70 bits per heavy atom. The molecule has 1 aromatic heterocycles. The minimum atomic E-state index is 0.466. The quantitative estimate of drug-likeness (QED) is 0.914. The topological polar surface area (TPSA) is 51.0 Å². The van der Waals surface area contributed by atoms with Crippen LogP contribution in [-0.4, -0.2) is 17.2 Å². The fraction of sp³-hybridized carbons (Fsp3) is 0.500. The lowest BCUT2D eigenvalue weighted by Crippen LogP contribution is -2.12. The van der Waals surface area contributed by atoms with Crippen LogP contribution in [0.15, 0.2) is 28.8 Å². The van der Waals surface area contributed by atoms with Crippen LogP contribution in [0.3, 0.4) is 0 Å². The third kappa shape index (κ3) is 2.69. The lowest BCUT2D eigenvalue weighted by Gasteiger charge is -2.23. The Bertz CT molecular complexity index is 561. The molecule has 1 N–H and O–H groups in total. The lowest BCUT2D eigenvalue weighted by molar-refractivity contribution is 0.324. The summed E-state index contributed by atoms with van der Waals surface area (Å²) in [7, 11) is 1.91. The van der Waals surface area contributed by atoms with E-state index in [1.165, 1.54) is 25.7 Å². The number of hydrogen-bond donors (Lipinski definition) is 1. The number of benzene rings is 1. The number of aromatic nitrogens is 2. The molecule has 2 unspecified atom stereocenters. The summed E-state index contributed by atoms with van der Waals surface area (Å²) in [4.78, 5) is 4.60. The predicted octanol–water partition coefficient (Wildman–Crippen LogP) is 4.07. The highest BCUT2D eigenvalue weighted by atomic mass is 16.5. The number of hydrogen-bond acceptors (Lipinski definition) is 4. The predicted molar refractivity (Wildman–Crippen MR) is 79.7 cm³/mol. The van der Waals surface area contributed by atoms with Gasteiger partial charge < -0.3 is 9.84 Å². The first kappa shape index (κ1) is 13.2. The molecule has 2 aromatic rings. The summed E-state index contributed by atoms with van der Waals surface area (Å²) in [5.41, 5.74) is 2.06. The van der Waals surface area contributed by atoms with Crippen molar-refractivity contribution in [3.63, 3.8) is 0 Å². The summed E-state index contributed by atoms with van der Waals surface area (Å²) in [5.74, 6) is 2.74. The highest BCUT2D eigenvalue weighted by molar-refractivity contribution is 5.58. The summed E-state index contributed by atoms with van der Waals surface area (Å²) in [6.07, 6.45) is 4.96. The van der Waals surface area contributed by atoms with Gasteiger partial charge in [0.2, 0.25) is 0 Å². The molecule has 1 heterocycles. The number of nitrogens with one attached hydrogen (secondary N) is 1. The molecule has 4 nitrogen and oxygen atoms in total. The van der Waals surface area contributed by atoms with Crippen molar-refractivity contribution in [2.24, 2.45) is 5.92 Å².